The van der Waals surface area contributed by atoms with E-state index in [1.807, 2.05) is 48.2 Å². The van der Waals surface area contributed by atoms with Crippen molar-refractivity contribution in [3.8, 4) is 0 Å². The molecular weight excluding hydrogens is 398 g/mol. The third-order valence-corrected chi connectivity index (χ3v) is 6.65. The van der Waals surface area contributed by atoms with Gasteiger partial charge in [0.2, 0.25) is 5.91 Å². The molecule has 1 fully saturated rings. The third kappa shape index (κ3) is 4.30. The average Bonchev–Trinajstić information content (AvgIpc) is 3.14. The van der Waals surface area contributed by atoms with Crippen LogP contribution in [0.5, 0.6) is 0 Å². The highest BCUT2D eigenvalue weighted by Crippen LogP contribution is 2.37. The number of carbonyl (C=O) groups excluding carboxylic acids is 1. The number of aromatic nitrogens is 2. The molecule has 0 N–H and O–H groups in total. The van der Waals surface area contributed by atoms with Crippen LogP contribution in [0.3, 0.4) is 0 Å². The first-order valence-electron chi connectivity index (χ1n) is 10.7. The van der Waals surface area contributed by atoms with E-state index in [0.29, 0.717) is 17.4 Å². The number of nitrogens with zero attached hydrogens (tertiary/aromatic N) is 5. The second kappa shape index (κ2) is 8.90. The van der Waals surface area contributed by atoms with Crippen LogP contribution in [0.1, 0.15) is 36.1 Å². The molecule has 0 radical (unpaired) electrons. The molecule has 1 saturated heterocycles. The van der Waals surface area contributed by atoms with Crippen LogP contribution in [-0.2, 0) is 17.6 Å². The quantitative estimate of drug-likeness (QED) is 0.734. The molecule has 0 spiro atoms. The first-order valence-corrected chi connectivity index (χ1v) is 11.1. The minimum Gasteiger partial charge on any atom is -0.353 e. The van der Waals surface area contributed by atoms with E-state index < -0.39 is 0 Å². The van der Waals surface area contributed by atoms with E-state index in [0.717, 1.165) is 50.4 Å². The Balaban J connectivity index is 1.42. The fourth-order valence-electron chi connectivity index (χ4n) is 4.56. The topological polar surface area (TPSA) is 52.6 Å². The zero-order valence-corrected chi connectivity index (χ0v) is 18.8. The lowest BCUT2D eigenvalue weighted by Crippen LogP contribution is -2.54. The van der Waals surface area contributed by atoms with Gasteiger partial charge >= 0.3 is 0 Å². The van der Waals surface area contributed by atoms with Gasteiger partial charge in [0.1, 0.15) is 12.1 Å². The Morgan fingerprint density at radius 2 is 1.87 bits per heavy atom. The number of aryl methyl sites for hydroxylation is 1. The molecular formula is C23H30ClN5O. The number of piperazine rings is 1. The largest absolute Gasteiger partial charge is 0.353 e. The molecule has 2 aliphatic rings. The van der Waals surface area contributed by atoms with Gasteiger partial charge in [0.15, 0.2) is 0 Å². The summed E-state index contributed by atoms with van der Waals surface area (Å²) < 4.78 is 0. The molecule has 160 valence electrons. The monoisotopic (exact) mass is 427 g/mol. The molecule has 2 aromatic rings. The van der Waals surface area contributed by atoms with Crippen molar-refractivity contribution in [2.45, 2.75) is 38.1 Å². The summed E-state index contributed by atoms with van der Waals surface area (Å²) in [5.41, 5.74) is 3.63. The SMILES string of the molecule is C[C@@H]1CCc2ncnc(N3CCN(C(=O)[C@@H](Cc4ccc(Cl)cc4)N(C)C)CC3)c21. The van der Waals surface area contributed by atoms with Crippen LogP contribution in [-0.4, -0.2) is 72.0 Å². The Morgan fingerprint density at radius 1 is 1.17 bits per heavy atom. The van der Waals surface area contributed by atoms with E-state index in [1.54, 1.807) is 6.33 Å². The zero-order chi connectivity index (χ0) is 21.3. The molecule has 1 aromatic heterocycles. The number of rotatable bonds is 5. The predicted molar refractivity (Wildman–Crippen MR) is 120 cm³/mol. The van der Waals surface area contributed by atoms with Gasteiger partial charge in [0, 0.05) is 42.5 Å². The molecule has 1 amide bonds. The normalized spacial score (nSPS) is 19.8. The molecule has 1 aliphatic carbocycles. The van der Waals surface area contributed by atoms with Crippen molar-refractivity contribution >= 4 is 23.3 Å². The highest BCUT2D eigenvalue weighted by atomic mass is 35.5. The molecule has 0 bridgehead atoms. The molecule has 6 nitrogen and oxygen atoms in total. The van der Waals surface area contributed by atoms with Crippen LogP contribution in [0.4, 0.5) is 5.82 Å². The van der Waals surface area contributed by atoms with Crippen LogP contribution in [0.15, 0.2) is 30.6 Å². The minimum atomic E-state index is -0.180. The summed E-state index contributed by atoms with van der Waals surface area (Å²) in [5.74, 6) is 1.77. The van der Waals surface area contributed by atoms with Crippen LogP contribution >= 0.6 is 11.6 Å². The summed E-state index contributed by atoms with van der Waals surface area (Å²) in [6, 6.07) is 7.59. The Labute approximate surface area is 183 Å². The lowest BCUT2D eigenvalue weighted by Gasteiger charge is -2.38. The maximum absolute atomic E-state index is 13.3. The highest BCUT2D eigenvalue weighted by Gasteiger charge is 2.32. The highest BCUT2D eigenvalue weighted by molar-refractivity contribution is 6.30. The molecule has 30 heavy (non-hydrogen) atoms. The first kappa shape index (κ1) is 21.1. The first-order chi connectivity index (χ1) is 14.4. The lowest BCUT2D eigenvalue weighted by molar-refractivity contribution is -0.136. The molecule has 2 heterocycles. The van der Waals surface area contributed by atoms with Gasteiger partial charge in [0.05, 0.1) is 6.04 Å². The van der Waals surface area contributed by atoms with Crippen LogP contribution in [0.25, 0.3) is 0 Å². The standard InChI is InChI=1S/C23H30ClN5O/c1-16-4-9-19-21(16)22(26-15-25-19)28-10-12-29(13-11-28)23(30)20(27(2)3)14-17-5-7-18(24)8-6-17/h5-8,15-16,20H,4,9-14H2,1-3H3/t16-,20-/m1/s1. The number of fused-ring (bicyclic) bond motifs is 1. The number of amides is 1. The number of hydrogen-bond acceptors (Lipinski definition) is 5. The fourth-order valence-corrected chi connectivity index (χ4v) is 4.68. The van der Waals surface area contributed by atoms with Gasteiger partial charge in [-0.1, -0.05) is 30.7 Å². The van der Waals surface area contributed by atoms with Crippen molar-refractivity contribution in [2.75, 3.05) is 45.2 Å². The average molecular weight is 428 g/mol. The third-order valence-electron chi connectivity index (χ3n) is 6.39. The maximum atomic E-state index is 13.3. The maximum Gasteiger partial charge on any atom is 0.240 e. The Morgan fingerprint density at radius 3 is 2.53 bits per heavy atom. The number of likely N-dealkylation sites (N-methyl/N-ethyl adjacent to an activating group) is 1. The summed E-state index contributed by atoms with van der Waals surface area (Å²) in [6.45, 7) is 5.32. The van der Waals surface area contributed by atoms with Gasteiger partial charge in [-0.05, 0) is 57.0 Å². The van der Waals surface area contributed by atoms with Crippen molar-refractivity contribution in [1.29, 1.82) is 0 Å². The summed E-state index contributed by atoms with van der Waals surface area (Å²) >= 11 is 6.00. The van der Waals surface area contributed by atoms with E-state index in [-0.39, 0.29) is 11.9 Å². The molecule has 1 aromatic carbocycles. The summed E-state index contributed by atoms with van der Waals surface area (Å²) in [6.07, 6.45) is 4.56. The fraction of sp³-hybridized carbons (Fsp3) is 0.522. The lowest BCUT2D eigenvalue weighted by atomic mass is 10.0. The van der Waals surface area contributed by atoms with Crippen molar-refractivity contribution < 1.29 is 4.79 Å². The summed E-state index contributed by atoms with van der Waals surface area (Å²) in [5, 5.41) is 0.716. The number of hydrogen-bond donors (Lipinski definition) is 0. The van der Waals surface area contributed by atoms with Gasteiger partial charge in [-0.3, -0.25) is 9.69 Å². The zero-order valence-electron chi connectivity index (χ0n) is 18.0. The van der Waals surface area contributed by atoms with Crippen molar-refractivity contribution in [3.05, 3.63) is 52.4 Å². The van der Waals surface area contributed by atoms with Gasteiger partial charge in [-0.15, -0.1) is 0 Å². The van der Waals surface area contributed by atoms with E-state index in [4.69, 9.17) is 11.6 Å². The van der Waals surface area contributed by atoms with E-state index in [2.05, 4.69) is 21.8 Å². The molecule has 1 aliphatic heterocycles. The molecule has 4 rings (SSSR count). The van der Waals surface area contributed by atoms with Crippen molar-refractivity contribution in [2.24, 2.45) is 0 Å². The Kier molecular flexibility index (Phi) is 6.25. The molecule has 2 atom stereocenters. The Bertz CT molecular complexity index is 893. The van der Waals surface area contributed by atoms with E-state index in [1.165, 1.54) is 11.3 Å². The van der Waals surface area contributed by atoms with Gasteiger partial charge in [0.25, 0.3) is 0 Å². The van der Waals surface area contributed by atoms with Crippen LogP contribution in [0.2, 0.25) is 5.02 Å². The van der Waals surface area contributed by atoms with Crippen LogP contribution < -0.4 is 4.90 Å². The number of halogens is 1. The smallest absolute Gasteiger partial charge is 0.240 e. The van der Waals surface area contributed by atoms with Gasteiger partial charge in [-0.25, -0.2) is 9.97 Å². The minimum absolute atomic E-state index is 0.180. The number of carbonyl (C=O) groups is 1. The second-order valence-corrected chi connectivity index (χ2v) is 9.06. The molecule has 7 heteroatoms. The Hall–Kier alpha value is -2.18. The molecule has 0 unspecified atom stereocenters. The van der Waals surface area contributed by atoms with E-state index in [9.17, 15) is 4.79 Å². The van der Waals surface area contributed by atoms with Crippen LogP contribution in [0, 0.1) is 0 Å². The van der Waals surface area contributed by atoms with Crippen molar-refractivity contribution in [3.63, 3.8) is 0 Å². The second-order valence-electron chi connectivity index (χ2n) is 8.62. The van der Waals surface area contributed by atoms with Gasteiger partial charge in [-0.2, -0.15) is 0 Å². The summed E-state index contributed by atoms with van der Waals surface area (Å²) in [7, 11) is 3.95. The number of benzene rings is 1. The number of anilines is 1. The van der Waals surface area contributed by atoms with Crippen molar-refractivity contribution in [1.82, 2.24) is 19.8 Å². The molecule has 0 saturated carbocycles. The van der Waals surface area contributed by atoms with E-state index >= 15 is 0 Å². The van der Waals surface area contributed by atoms with Gasteiger partial charge < -0.3 is 9.80 Å². The predicted octanol–water partition coefficient (Wildman–Crippen LogP) is 3.00. The summed E-state index contributed by atoms with van der Waals surface area (Å²) in [4.78, 5) is 28.7.